The maximum atomic E-state index is 12.4. The van der Waals surface area contributed by atoms with E-state index in [9.17, 15) is 4.79 Å². The van der Waals surface area contributed by atoms with Gasteiger partial charge in [-0.3, -0.25) is 4.79 Å². The summed E-state index contributed by atoms with van der Waals surface area (Å²) in [6, 6.07) is 20.9. The number of nitrogens with zero attached hydrogens (tertiary/aromatic N) is 1. The van der Waals surface area contributed by atoms with Gasteiger partial charge in [0.15, 0.2) is 5.82 Å². The first-order valence-corrected chi connectivity index (χ1v) is 11.0. The smallest absolute Gasteiger partial charge is 0.258 e. The first-order valence-electron chi connectivity index (χ1n) is 10.1. The van der Waals surface area contributed by atoms with Crippen molar-refractivity contribution in [2.24, 2.45) is 0 Å². The number of aromatic nitrogens is 2. The van der Waals surface area contributed by atoms with Crippen molar-refractivity contribution in [1.82, 2.24) is 9.97 Å². The first-order chi connectivity index (χ1) is 14.2. The molecule has 2 aromatic carbocycles. The van der Waals surface area contributed by atoms with Gasteiger partial charge in [-0.05, 0) is 41.5 Å². The van der Waals surface area contributed by atoms with Crippen LogP contribution in [0.2, 0.25) is 0 Å². The summed E-state index contributed by atoms with van der Waals surface area (Å²) >= 11 is 1.76. The van der Waals surface area contributed by atoms with E-state index >= 15 is 0 Å². The number of nitrogens with one attached hydrogen (secondary N) is 1. The summed E-state index contributed by atoms with van der Waals surface area (Å²) in [7, 11) is 0. The molecule has 2 aromatic heterocycles. The number of hydrogen-bond donors (Lipinski definition) is 2. The largest absolute Gasteiger partial charge is 0.329 e. The highest BCUT2D eigenvalue weighted by atomic mass is 32.1. The van der Waals surface area contributed by atoms with Crippen molar-refractivity contribution in [2.45, 2.75) is 38.8 Å². The lowest BCUT2D eigenvalue weighted by molar-refractivity contribution is -0.702. The quantitative estimate of drug-likeness (QED) is 0.481. The Morgan fingerprint density at radius 3 is 2.52 bits per heavy atom. The number of H-pyrrole nitrogens is 1. The average Bonchev–Trinajstić information content (AvgIpc) is 3.28. The number of hydrogen-bond acceptors (Lipinski definition) is 3. The molecular formula is C24H26N3OS+. The molecule has 3 N–H and O–H groups in total. The molecule has 0 aliphatic carbocycles. The average molecular weight is 405 g/mol. The Hall–Kier alpha value is -2.76. The number of fused-ring (bicyclic) bond motifs is 1. The van der Waals surface area contributed by atoms with Crippen LogP contribution in [0, 0.1) is 0 Å². The van der Waals surface area contributed by atoms with Crippen LogP contribution in [0.4, 0.5) is 0 Å². The first kappa shape index (κ1) is 19.6. The maximum Gasteiger partial charge on any atom is 0.258 e. The molecule has 0 saturated carbocycles. The highest BCUT2D eigenvalue weighted by Crippen LogP contribution is 2.25. The lowest BCUT2D eigenvalue weighted by Crippen LogP contribution is -2.84. The Bertz CT molecular complexity index is 1130. The molecule has 0 unspecified atom stereocenters. The van der Waals surface area contributed by atoms with Gasteiger partial charge in [0, 0.05) is 5.56 Å². The van der Waals surface area contributed by atoms with Gasteiger partial charge >= 0.3 is 0 Å². The van der Waals surface area contributed by atoms with Gasteiger partial charge in [0.1, 0.15) is 12.6 Å². The van der Waals surface area contributed by atoms with Crippen molar-refractivity contribution in [3.63, 3.8) is 0 Å². The van der Waals surface area contributed by atoms with Gasteiger partial charge in [-0.1, -0.05) is 56.3 Å². The van der Waals surface area contributed by atoms with E-state index < -0.39 is 0 Å². The number of rotatable bonds is 7. The van der Waals surface area contributed by atoms with Gasteiger partial charge in [-0.15, -0.1) is 11.3 Å². The van der Waals surface area contributed by atoms with Crippen LogP contribution in [0.3, 0.4) is 0 Å². The number of para-hydroxylation sites is 1. The zero-order valence-electron chi connectivity index (χ0n) is 16.8. The Labute approximate surface area is 174 Å². The maximum absolute atomic E-state index is 12.4. The third-order valence-corrected chi connectivity index (χ3v) is 6.49. The zero-order chi connectivity index (χ0) is 20.2. The predicted molar refractivity (Wildman–Crippen MR) is 119 cm³/mol. The molecule has 0 fully saturated rings. The molecule has 0 spiro atoms. The van der Waals surface area contributed by atoms with E-state index in [0.717, 1.165) is 11.9 Å². The SMILES string of the molecule is CC[C@H](C)c1ccc([C@@H]([NH2+]Cc2nc3ccccc3c(=O)[nH]2)c2cccs2)cc1. The Morgan fingerprint density at radius 1 is 1.03 bits per heavy atom. The van der Waals surface area contributed by atoms with Gasteiger partial charge < -0.3 is 10.3 Å². The minimum absolute atomic E-state index is 0.0791. The van der Waals surface area contributed by atoms with E-state index in [1.165, 1.54) is 16.0 Å². The fraction of sp³-hybridized carbons (Fsp3) is 0.250. The number of thiophene rings is 1. The number of aromatic amines is 1. The molecule has 4 aromatic rings. The third kappa shape index (κ3) is 4.31. The highest BCUT2D eigenvalue weighted by Gasteiger charge is 2.20. The summed E-state index contributed by atoms with van der Waals surface area (Å²) in [5.74, 6) is 1.27. The number of benzene rings is 2. The van der Waals surface area contributed by atoms with Crippen LogP contribution in [0.15, 0.2) is 70.8 Å². The van der Waals surface area contributed by atoms with Gasteiger partial charge in [-0.25, -0.2) is 4.98 Å². The molecule has 0 aliphatic heterocycles. The second-order valence-electron chi connectivity index (χ2n) is 7.44. The van der Waals surface area contributed by atoms with Crippen LogP contribution in [0.5, 0.6) is 0 Å². The molecule has 148 valence electrons. The minimum Gasteiger partial charge on any atom is -0.329 e. The van der Waals surface area contributed by atoms with Crippen LogP contribution >= 0.6 is 11.3 Å². The topological polar surface area (TPSA) is 62.4 Å². The van der Waals surface area contributed by atoms with Crippen molar-refractivity contribution < 1.29 is 5.32 Å². The number of nitrogens with two attached hydrogens (primary N) is 1. The molecule has 0 saturated heterocycles. The van der Waals surface area contributed by atoms with Crippen LogP contribution in [-0.4, -0.2) is 9.97 Å². The molecule has 0 bridgehead atoms. The van der Waals surface area contributed by atoms with Gasteiger partial charge in [0.2, 0.25) is 0 Å². The van der Waals surface area contributed by atoms with Crippen molar-refractivity contribution >= 4 is 22.2 Å². The molecule has 5 heteroatoms. The summed E-state index contributed by atoms with van der Waals surface area (Å²) in [6.07, 6.45) is 1.14. The standard InChI is InChI=1S/C24H25N3OS/c1-3-16(2)17-10-12-18(13-11-17)23(21-9-6-14-29-21)25-15-22-26-20-8-5-4-7-19(20)24(28)27-22/h4-14,16,23,25H,3,15H2,1-2H3,(H,26,27,28)/p+1/t16-,23+/m0/s1. The molecule has 29 heavy (non-hydrogen) atoms. The van der Waals surface area contributed by atoms with E-state index in [2.05, 4.69) is 70.9 Å². The summed E-state index contributed by atoms with van der Waals surface area (Å²) in [6.45, 7) is 5.09. The number of quaternary nitrogens is 1. The zero-order valence-corrected chi connectivity index (χ0v) is 17.6. The predicted octanol–water partition coefficient (Wildman–Crippen LogP) is 4.35. The Balaban J connectivity index is 1.60. The monoisotopic (exact) mass is 404 g/mol. The van der Waals surface area contributed by atoms with Crippen molar-refractivity contribution in [3.8, 4) is 0 Å². The summed E-state index contributed by atoms with van der Waals surface area (Å²) < 4.78 is 0. The molecule has 0 amide bonds. The summed E-state index contributed by atoms with van der Waals surface area (Å²) in [4.78, 5) is 21.2. The molecule has 2 heterocycles. The fourth-order valence-corrected chi connectivity index (χ4v) is 4.46. The normalized spacial score (nSPS) is 13.4. The molecule has 4 nitrogen and oxygen atoms in total. The van der Waals surface area contributed by atoms with Crippen molar-refractivity contribution in [3.05, 3.63) is 98.2 Å². The van der Waals surface area contributed by atoms with Crippen LogP contribution in [-0.2, 0) is 6.54 Å². The van der Waals surface area contributed by atoms with E-state index in [-0.39, 0.29) is 11.6 Å². The van der Waals surface area contributed by atoms with Gasteiger partial charge in [0.05, 0.1) is 15.8 Å². The second-order valence-corrected chi connectivity index (χ2v) is 8.42. The van der Waals surface area contributed by atoms with Crippen LogP contribution < -0.4 is 10.9 Å². The van der Waals surface area contributed by atoms with Crippen molar-refractivity contribution in [2.75, 3.05) is 0 Å². The third-order valence-electron chi connectivity index (χ3n) is 5.54. The summed E-state index contributed by atoms with van der Waals surface area (Å²) in [5.41, 5.74) is 3.30. The van der Waals surface area contributed by atoms with E-state index in [0.29, 0.717) is 23.7 Å². The second kappa shape index (κ2) is 8.72. The minimum atomic E-state index is -0.0791. The van der Waals surface area contributed by atoms with E-state index in [1.54, 1.807) is 11.3 Å². The Morgan fingerprint density at radius 2 is 1.79 bits per heavy atom. The molecule has 2 atom stereocenters. The summed E-state index contributed by atoms with van der Waals surface area (Å²) in [5, 5.41) is 4.99. The van der Waals surface area contributed by atoms with Crippen LogP contribution in [0.1, 0.15) is 54.1 Å². The van der Waals surface area contributed by atoms with Gasteiger partial charge in [-0.2, -0.15) is 0 Å². The van der Waals surface area contributed by atoms with E-state index in [4.69, 9.17) is 0 Å². The van der Waals surface area contributed by atoms with Crippen molar-refractivity contribution in [1.29, 1.82) is 0 Å². The Kier molecular flexibility index (Phi) is 5.88. The lowest BCUT2D eigenvalue weighted by Gasteiger charge is -2.16. The highest BCUT2D eigenvalue weighted by molar-refractivity contribution is 7.10. The lowest BCUT2D eigenvalue weighted by atomic mass is 9.95. The molecular weight excluding hydrogens is 378 g/mol. The fourth-order valence-electron chi connectivity index (χ4n) is 3.61. The van der Waals surface area contributed by atoms with Crippen LogP contribution in [0.25, 0.3) is 10.9 Å². The van der Waals surface area contributed by atoms with E-state index in [1.807, 2.05) is 24.3 Å². The molecule has 0 aliphatic rings. The molecule has 0 radical (unpaired) electrons. The van der Waals surface area contributed by atoms with Gasteiger partial charge in [0.25, 0.3) is 5.56 Å². The molecule has 4 rings (SSSR count).